The minimum atomic E-state index is 0. The second-order valence-corrected chi connectivity index (χ2v) is 5.91. The molecular formula is C14H36MgN4+2. The second-order valence-electron chi connectivity index (χ2n) is 5.91. The molecule has 0 aromatic heterocycles. The summed E-state index contributed by atoms with van der Waals surface area (Å²) < 4.78 is 0. The summed E-state index contributed by atoms with van der Waals surface area (Å²) in [7, 11) is 8.59. The Bertz CT molecular complexity index is 128. The van der Waals surface area contributed by atoms with E-state index in [0.717, 1.165) is 26.2 Å². The molecule has 0 fully saturated rings. The molecular weight excluding hydrogens is 248 g/mol. The van der Waals surface area contributed by atoms with E-state index in [1.807, 2.05) is 0 Å². The first-order valence-electron chi connectivity index (χ1n) is 7.17. The summed E-state index contributed by atoms with van der Waals surface area (Å²) in [4.78, 5) is 2.94. The van der Waals surface area contributed by atoms with E-state index in [1.54, 1.807) is 0 Å². The van der Waals surface area contributed by atoms with E-state index in [4.69, 9.17) is 0 Å². The first-order chi connectivity index (χ1) is 8.25. The van der Waals surface area contributed by atoms with Gasteiger partial charge in [0.2, 0.25) is 0 Å². The van der Waals surface area contributed by atoms with Crippen LogP contribution in [0.4, 0.5) is 0 Å². The zero-order chi connectivity index (χ0) is 14.6. The second kappa shape index (κ2) is 16.7. The average Bonchev–Trinajstić information content (AvgIpc) is 2.15. The third-order valence-corrected chi connectivity index (χ3v) is 2.21. The topological polar surface area (TPSA) is 37.1 Å². The normalized spacial score (nSPS) is 10.7. The molecule has 0 saturated carbocycles. The van der Waals surface area contributed by atoms with E-state index in [0.29, 0.717) is 12.1 Å². The maximum absolute atomic E-state index is 4.34. The summed E-state index contributed by atoms with van der Waals surface area (Å²) in [5.41, 5.74) is 0. The smallest absolute Gasteiger partial charge is 0.655 e. The van der Waals surface area contributed by atoms with E-state index in [1.165, 1.54) is 9.80 Å². The Morgan fingerprint density at radius 2 is 0.947 bits per heavy atom. The van der Waals surface area contributed by atoms with E-state index in [-0.39, 0.29) is 23.1 Å². The van der Waals surface area contributed by atoms with Crippen molar-refractivity contribution in [2.75, 3.05) is 54.4 Å². The van der Waals surface area contributed by atoms with Crippen LogP contribution in [0.25, 0.3) is 10.6 Å². The fourth-order valence-corrected chi connectivity index (χ4v) is 1.09. The van der Waals surface area contributed by atoms with Crippen molar-refractivity contribution in [1.29, 1.82) is 0 Å². The third-order valence-electron chi connectivity index (χ3n) is 2.21. The van der Waals surface area contributed by atoms with Crippen molar-refractivity contribution in [2.24, 2.45) is 0 Å². The summed E-state index contributed by atoms with van der Waals surface area (Å²) in [6.07, 6.45) is 0. The van der Waals surface area contributed by atoms with Crippen LogP contribution in [0.1, 0.15) is 27.7 Å². The fraction of sp³-hybridized carbons (Fsp3) is 1.00. The minimum Gasteiger partial charge on any atom is -0.655 e. The van der Waals surface area contributed by atoms with Crippen molar-refractivity contribution in [3.8, 4) is 0 Å². The summed E-state index contributed by atoms with van der Waals surface area (Å²) in [6.45, 7) is 12.8. The molecule has 0 aliphatic carbocycles. The molecule has 5 heteroatoms. The summed E-state index contributed by atoms with van der Waals surface area (Å²) in [5.74, 6) is 0. The molecule has 0 bridgehead atoms. The molecule has 0 rings (SSSR count). The molecule has 4 nitrogen and oxygen atoms in total. The minimum absolute atomic E-state index is 0. The van der Waals surface area contributed by atoms with Crippen LogP contribution in [-0.2, 0) is 0 Å². The standard InChI is InChI=1S/2C7H17N2.Mg/c2*1-7(2)8-5-6-9(3)4;/h2*7H,5-6H2,1-4H3;/q2*-1;+2/p+2. The Balaban J connectivity index is -0.000000256. The molecule has 112 valence electrons. The van der Waals surface area contributed by atoms with Crippen LogP contribution >= 0.6 is 0 Å². The van der Waals surface area contributed by atoms with Gasteiger partial charge in [-0.25, -0.2) is 0 Å². The van der Waals surface area contributed by atoms with Crippen molar-refractivity contribution >= 4 is 23.1 Å². The van der Waals surface area contributed by atoms with Crippen LogP contribution in [0.3, 0.4) is 0 Å². The molecule has 0 aliphatic rings. The average molecular weight is 285 g/mol. The molecule has 0 aromatic rings. The van der Waals surface area contributed by atoms with Gasteiger partial charge >= 0.3 is 23.1 Å². The molecule has 0 unspecified atom stereocenters. The monoisotopic (exact) mass is 284 g/mol. The largest absolute Gasteiger partial charge is 2.00 e. The maximum atomic E-state index is 4.34. The molecule has 0 saturated heterocycles. The van der Waals surface area contributed by atoms with Crippen LogP contribution in [0.15, 0.2) is 0 Å². The van der Waals surface area contributed by atoms with Crippen molar-refractivity contribution in [2.45, 2.75) is 39.8 Å². The van der Waals surface area contributed by atoms with E-state index in [9.17, 15) is 0 Å². The van der Waals surface area contributed by atoms with Gasteiger partial charge in [-0.2, -0.15) is 0 Å². The number of nitrogens with zero attached hydrogens (tertiary/aromatic N) is 2. The molecule has 0 heterocycles. The number of quaternary nitrogens is 2. The Labute approximate surface area is 137 Å². The Morgan fingerprint density at radius 1 is 0.684 bits per heavy atom. The quantitative estimate of drug-likeness (QED) is 0.561. The molecule has 0 aliphatic heterocycles. The predicted molar refractivity (Wildman–Crippen MR) is 87.8 cm³/mol. The van der Waals surface area contributed by atoms with Gasteiger partial charge in [-0.1, -0.05) is 40.8 Å². The Morgan fingerprint density at radius 3 is 1.11 bits per heavy atom. The van der Waals surface area contributed by atoms with Crippen LogP contribution < -0.4 is 9.80 Å². The van der Waals surface area contributed by atoms with Gasteiger partial charge in [0.25, 0.3) is 0 Å². The van der Waals surface area contributed by atoms with Gasteiger partial charge in [-0.15, -0.1) is 12.1 Å². The zero-order valence-electron chi connectivity index (χ0n) is 14.6. The molecule has 2 N–H and O–H groups in total. The van der Waals surface area contributed by atoms with Gasteiger partial charge in [0, 0.05) is 0 Å². The van der Waals surface area contributed by atoms with Crippen molar-refractivity contribution in [3.63, 3.8) is 0 Å². The van der Waals surface area contributed by atoms with Crippen LogP contribution in [0.2, 0.25) is 0 Å². The van der Waals surface area contributed by atoms with Crippen LogP contribution in [0.5, 0.6) is 0 Å². The van der Waals surface area contributed by atoms with Gasteiger partial charge in [0.1, 0.15) is 0 Å². The number of nitrogens with one attached hydrogen (secondary N) is 2. The molecule has 0 amide bonds. The summed E-state index contributed by atoms with van der Waals surface area (Å²) >= 11 is 0. The van der Waals surface area contributed by atoms with Crippen LogP contribution in [-0.4, -0.2) is 89.5 Å². The summed E-state index contributed by atoms with van der Waals surface area (Å²) in [6, 6.07) is 1.01. The number of rotatable bonds is 8. The van der Waals surface area contributed by atoms with E-state index >= 15 is 0 Å². The Hall–Kier alpha value is 0.606. The van der Waals surface area contributed by atoms with Gasteiger partial charge in [-0.05, 0) is 0 Å². The van der Waals surface area contributed by atoms with Crippen LogP contribution in [0, 0.1) is 0 Å². The summed E-state index contributed by atoms with van der Waals surface area (Å²) in [5, 5.41) is 8.69. The molecule has 0 atom stereocenters. The SMILES string of the molecule is CC(C)[N-]CC[NH+](C)C.CC(C)[N-]CC[NH+](C)C.[Mg+2]. The van der Waals surface area contributed by atoms with Crippen molar-refractivity contribution in [3.05, 3.63) is 10.6 Å². The number of likely N-dealkylation sites (N-methyl/N-ethyl adjacent to an activating group) is 2. The van der Waals surface area contributed by atoms with Gasteiger partial charge < -0.3 is 20.4 Å². The van der Waals surface area contributed by atoms with E-state index < -0.39 is 0 Å². The maximum Gasteiger partial charge on any atom is 2.00 e. The van der Waals surface area contributed by atoms with Gasteiger partial charge in [0.05, 0.1) is 41.3 Å². The predicted octanol–water partition coefficient (Wildman–Crippen LogP) is -0.555. The molecule has 0 radical (unpaired) electrons. The zero-order valence-corrected chi connectivity index (χ0v) is 16.0. The molecule has 0 aromatic carbocycles. The first kappa shape index (κ1) is 24.6. The fourth-order valence-electron chi connectivity index (χ4n) is 1.09. The number of hydrogen-bond donors (Lipinski definition) is 2. The van der Waals surface area contributed by atoms with E-state index in [2.05, 4.69) is 66.5 Å². The Kier molecular flexibility index (Phi) is 21.6. The van der Waals surface area contributed by atoms with Gasteiger partial charge in [0.15, 0.2) is 0 Å². The molecule has 0 spiro atoms. The van der Waals surface area contributed by atoms with Crippen molar-refractivity contribution < 1.29 is 9.80 Å². The third kappa shape index (κ3) is 32.3. The first-order valence-corrected chi connectivity index (χ1v) is 7.17. The molecule has 19 heavy (non-hydrogen) atoms. The number of hydrogen-bond acceptors (Lipinski definition) is 0. The van der Waals surface area contributed by atoms with Gasteiger partial charge in [-0.3, -0.25) is 0 Å². The van der Waals surface area contributed by atoms with Crippen molar-refractivity contribution in [1.82, 2.24) is 0 Å².